The first-order valence-corrected chi connectivity index (χ1v) is 4.47. The van der Waals surface area contributed by atoms with Gasteiger partial charge >= 0.3 is 5.97 Å². The van der Waals surface area contributed by atoms with Crippen molar-refractivity contribution in [1.29, 1.82) is 0 Å². The van der Waals surface area contributed by atoms with Crippen LogP contribution < -0.4 is 5.73 Å². The van der Waals surface area contributed by atoms with Gasteiger partial charge < -0.3 is 10.5 Å². The molecule has 0 unspecified atom stereocenters. The molecular weight excluding hydrogens is 288 g/mol. The minimum Gasteiger partial charge on any atom is -0.465 e. The third kappa shape index (κ3) is 2.09. The van der Waals surface area contributed by atoms with Gasteiger partial charge in [-0.25, -0.2) is 9.18 Å². The van der Waals surface area contributed by atoms with Gasteiger partial charge in [0, 0.05) is 5.69 Å². The monoisotopic (exact) mass is 295 g/mol. The summed E-state index contributed by atoms with van der Waals surface area (Å²) in [6, 6.07) is 2.55. The standard InChI is InChI=1S/C8H7FINO2/c1-13-8(12)5-2-4(11)3-6(9)7(5)10/h2-3H,11H2,1H3. The maximum Gasteiger partial charge on any atom is 0.339 e. The average Bonchev–Trinajstić information content (AvgIpc) is 2.10. The number of anilines is 1. The molecule has 1 rings (SSSR count). The summed E-state index contributed by atoms with van der Waals surface area (Å²) in [5.41, 5.74) is 5.73. The van der Waals surface area contributed by atoms with Crippen molar-refractivity contribution in [1.82, 2.24) is 0 Å². The minimum atomic E-state index is -0.587. The van der Waals surface area contributed by atoms with E-state index in [9.17, 15) is 9.18 Å². The van der Waals surface area contributed by atoms with Gasteiger partial charge in [0.25, 0.3) is 0 Å². The Balaban J connectivity index is 3.28. The molecule has 5 heteroatoms. The largest absolute Gasteiger partial charge is 0.465 e. The van der Waals surface area contributed by atoms with Crippen LogP contribution in [0.2, 0.25) is 0 Å². The van der Waals surface area contributed by atoms with E-state index in [-0.39, 0.29) is 14.8 Å². The van der Waals surface area contributed by atoms with Crippen LogP contribution in [-0.4, -0.2) is 13.1 Å². The maximum absolute atomic E-state index is 13.0. The van der Waals surface area contributed by atoms with Crippen molar-refractivity contribution < 1.29 is 13.9 Å². The predicted molar refractivity (Wildman–Crippen MR) is 54.9 cm³/mol. The van der Waals surface area contributed by atoms with Crippen LogP contribution in [0.4, 0.5) is 10.1 Å². The maximum atomic E-state index is 13.0. The molecule has 3 nitrogen and oxygen atoms in total. The molecule has 0 aliphatic rings. The normalized spacial score (nSPS) is 9.77. The van der Waals surface area contributed by atoms with Gasteiger partial charge in [0.2, 0.25) is 0 Å². The molecule has 13 heavy (non-hydrogen) atoms. The number of halogens is 2. The molecule has 0 heterocycles. The number of rotatable bonds is 1. The lowest BCUT2D eigenvalue weighted by Gasteiger charge is -2.04. The average molecular weight is 295 g/mol. The number of esters is 1. The fourth-order valence-corrected chi connectivity index (χ4v) is 1.40. The topological polar surface area (TPSA) is 52.3 Å². The predicted octanol–water partition coefficient (Wildman–Crippen LogP) is 1.80. The first-order chi connectivity index (χ1) is 6.06. The van der Waals surface area contributed by atoms with E-state index in [2.05, 4.69) is 4.74 Å². The van der Waals surface area contributed by atoms with E-state index in [1.165, 1.54) is 13.2 Å². The second kappa shape index (κ2) is 3.91. The quantitative estimate of drug-likeness (QED) is 0.488. The lowest BCUT2D eigenvalue weighted by Crippen LogP contribution is -2.06. The summed E-state index contributed by atoms with van der Waals surface area (Å²) in [5.74, 6) is -1.10. The summed E-state index contributed by atoms with van der Waals surface area (Å²) >= 11 is 1.73. The Morgan fingerprint density at radius 2 is 2.23 bits per heavy atom. The smallest absolute Gasteiger partial charge is 0.339 e. The molecule has 0 amide bonds. The number of hydrogen-bond donors (Lipinski definition) is 1. The van der Waals surface area contributed by atoms with E-state index in [1.54, 1.807) is 22.6 Å². The van der Waals surface area contributed by atoms with Gasteiger partial charge in [-0.3, -0.25) is 0 Å². The zero-order valence-electron chi connectivity index (χ0n) is 6.80. The van der Waals surface area contributed by atoms with Gasteiger partial charge in [0.15, 0.2) is 0 Å². The molecule has 2 N–H and O–H groups in total. The Morgan fingerprint density at radius 1 is 1.62 bits per heavy atom. The zero-order chi connectivity index (χ0) is 10.0. The molecule has 0 atom stereocenters. The van der Waals surface area contributed by atoms with Gasteiger partial charge in [-0.1, -0.05) is 0 Å². The fraction of sp³-hybridized carbons (Fsp3) is 0.125. The van der Waals surface area contributed by atoms with Crippen molar-refractivity contribution in [3.63, 3.8) is 0 Å². The number of nitrogens with two attached hydrogens (primary N) is 1. The van der Waals surface area contributed by atoms with Crippen molar-refractivity contribution in [2.75, 3.05) is 12.8 Å². The van der Waals surface area contributed by atoms with Crippen molar-refractivity contribution >= 4 is 34.2 Å². The highest BCUT2D eigenvalue weighted by atomic mass is 127. The first-order valence-electron chi connectivity index (χ1n) is 3.39. The molecule has 0 bridgehead atoms. The number of benzene rings is 1. The zero-order valence-corrected chi connectivity index (χ0v) is 8.96. The van der Waals surface area contributed by atoms with Gasteiger partial charge in [0.1, 0.15) is 5.82 Å². The van der Waals surface area contributed by atoms with E-state index in [0.29, 0.717) is 0 Å². The molecule has 0 aliphatic heterocycles. The summed E-state index contributed by atoms with van der Waals surface area (Å²) < 4.78 is 17.7. The molecular formula is C8H7FINO2. The summed E-state index contributed by atoms with van der Waals surface area (Å²) in [7, 11) is 1.24. The molecule has 1 aromatic carbocycles. The van der Waals surface area contributed by atoms with Crippen molar-refractivity contribution in [3.8, 4) is 0 Å². The summed E-state index contributed by atoms with van der Waals surface area (Å²) in [6.45, 7) is 0. The summed E-state index contributed by atoms with van der Waals surface area (Å²) in [4.78, 5) is 11.1. The molecule has 0 aromatic heterocycles. The third-order valence-corrected chi connectivity index (χ3v) is 2.55. The van der Waals surface area contributed by atoms with E-state index in [4.69, 9.17) is 5.73 Å². The molecule has 0 aliphatic carbocycles. The summed E-state index contributed by atoms with van der Waals surface area (Å²) in [5, 5.41) is 0. The van der Waals surface area contributed by atoms with E-state index >= 15 is 0 Å². The van der Waals surface area contributed by atoms with E-state index in [1.807, 2.05) is 0 Å². The Bertz CT molecular complexity index is 354. The molecule has 0 spiro atoms. The van der Waals surface area contributed by atoms with E-state index < -0.39 is 11.8 Å². The number of methoxy groups -OCH3 is 1. The van der Waals surface area contributed by atoms with Crippen LogP contribution >= 0.6 is 22.6 Å². The van der Waals surface area contributed by atoms with Crippen molar-refractivity contribution in [3.05, 3.63) is 27.1 Å². The molecule has 0 saturated carbocycles. The lowest BCUT2D eigenvalue weighted by atomic mass is 10.2. The number of carbonyl (C=O) groups is 1. The lowest BCUT2D eigenvalue weighted by molar-refractivity contribution is 0.0599. The molecule has 70 valence electrons. The van der Waals surface area contributed by atoms with Crippen molar-refractivity contribution in [2.24, 2.45) is 0 Å². The highest BCUT2D eigenvalue weighted by Gasteiger charge is 2.14. The molecule has 0 fully saturated rings. The highest BCUT2D eigenvalue weighted by Crippen LogP contribution is 2.20. The molecule has 1 aromatic rings. The first kappa shape index (κ1) is 10.2. The molecule has 0 radical (unpaired) electrons. The van der Waals surface area contributed by atoms with Gasteiger partial charge in [0.05, 0.1) is 16.2 Å². The van der Waals surface area contributed by atoms with Gasteiger partial charge in [-0.2, -0.15) is 0 Å². The highest BCUT2D eigenvalue weighted by molar-refractivity contribution is 14.1. The van der Waals surface area contributed by atoms with Crippen LogP contribution in [0.3, 0.4) is 0 Å². The van der Waals surface area contributed by atoms with Crippen LogP contribution in [0.5, 0.6) is 0 Å². The third-order valence-electron chi connectivity index (χ3n) is 1.46. The van der Waals surface area contributed by atoms with Crippen LogP contribution in [-0.2, 0) is 4.74 Å². The second-order valence-electron chi connectivity index (χ2n) is 2.36. The molecule has 0 saturated heterocycles. The fourth-order valence-electron chi connectivity index (χ4n) is 0.869. The van der Waals surface area contributed by atoms with E-state index in [0.717, 1.165) is 6.07 Å². The number of ether oxygens (including phenoxy) is 1. The number of hydrogen-bond acceptors (Lipinski definition) is 3. The van der Waals surface area contributed by atoms with Gasteiger partial charge in [-0.15, -0.1) is 0 Å². The Hall–Kier alpha value is -0.850. The van der Waals surface area contributed by atoms with Crippen LogP contribution in [0, 0.1) is 9.39 Å². The summed E-state index contributed by atoms with van der Waals surface area (Å²) in [6.07, 6.45) is 0. The SMILES string of the molecule is COC(=O)c1cc(N)cc(F)c1I. The van der Waals surface area contributed by atoms with Crippen LogP contribution in [0.1, 0.15) is 10.4 Å². The number of nitrogen functional groups attached to an aromatic ring is 1. The van der Waals surface area contributed by atoms with Gasteiger partial charge in [-0.05, 0) is 34.7 Å². The second-order valence-corrected chi connectivity index (χ2v) is 3.43. The Kier molecular flexibility index (Phi) is 3.07. The number of carbonyl (C=O) groups excluding carboxylic acids is 1. The minimum absolute atomic E-state index is 0.153. The van der Waals surface area contributed by atoms with Crippen LogP contribution in [0.25, 0.3) is 0 Å². The Labute approximate surface area is 88.2 Å². The van der Waals surface area contributed by atoms with Crippen molar-refractivity contribution in [2.45, 2.75) is 0 Å². The Morgan fingerprint density at radius 3 is 2.77 bits per heavy atom. The van der Waals surface area contributed by atoms with Crippen LogP contribution in [0.15, 0.2) is 12.1 Å².